The molecular weight excluding hydrogens is 254 g/mol. The van der Waals surface area contributed by atoms with Crippen molar-refractivity contribution in [2.45, 2.75) is 18.9 Å². The summed E-state index contributed by atoms with van der Waals surface area (Å²) < 4.78 is 5.52. The predicted molar refractivity (Wildman–Crippen MR) is 79.6 cm³/mol. The molecule has 0 bridgehead atoms. The molecule has 1 unspecified atom stereocenters. The Morgan fingerprint density at radius 3 is 2.90 bits per heavy atom. The fourth-order valence-corrected chi connectivity index (χ4v) is 2.45. The van der Waals surface area contributed by atoms with E-state index in [1.807, 2.05) is 17.0 Å². The van der Waals surface area contributed by atoms with Crippen LogP contribution < -0.4 is 10.5 Å². The average molecular weight is 277 g/mol. The fourth-order valence-electron chi connectivity index (χ4n) is 2.45. The molecule has 0 radical (unpaired) electrons. The van der Waals surface area contributed by atoms with Crippen molar-refractivity contribution in [3.63, 3.8) is 0 Å². The summed E-state index contributed by atoms with van der Waals surface area (Å²) in [5.74, 6) is 0.599. The molecule has 5 heteroatoms. The maximum atomic E-state index is 12.2. The standard InChI is InChI=1S/C15H23N3O2/c1-17(2)12-6-5-9-18(10-12)15(19)11-20-14-8-4-3-7-13(14)16/h3-4,7-8,12H,5-6,9-11,16H2,1-2H3. The second-order valence-corrected chi connectivity index (χ2v) is 5.43. The minimum Gasteiger partial charge on any atom is -0.482 e. The van der Waals surface area contributed by atoms with E-state index in [4.69, 9.17) is 10.5 Å². The second kappa shape index (κ2) is 6.61. The molecule has 1 amide bonds. The largest absolute Gasteiger partial charge is 0.482 e. The molecule has 1 fully saturated rings. The highest BCUT2D eigenvalue weighted by Gasteiger charge is 2.24. The van der Waals surface area contributed by atoms with Gasteiger partial charge in [0.25, 0.3) is 5.91 Å². The Labute approximate surface area is 120 Å². The fraction of sp³-hybridized carbons (Fsp3) is 0.533. The molecule has 1 saturated heterocycles. The minimum absolute atomic E-state index is 0.0276. The molecule has 20 heavy (non-hydrogen) atoms. The number of nitrogens with two attached hydrogens (primary N) is 1. The van der Waals surface area contributed by atoms with Gasteiger partial charge in [0.05, 0.1) is 5.69 Å². The number of nitrogen functional groups attached to an aromatic ring is 1. The zero-order valence-electron chi connectivity index (χ0n) is 12.2. The summed E-state index contributed by atoms with van der Waals surface area (Å²) in [6.45, 7) is 1.64. The average Bonchev–Trinajstić information content (AvgIpc) is 2.46. The quantitative estimate of drug-likeness (QED) is 0.840. The van der Waals surface area contributed by atoms with Gasteiger partial charge in [-0.25, -0.2) is 0 Å². The number of hydrogen-bond acceptors (Lipinski definition) is 4. The Morgan fingerprint density at radius 2 is 2.20 bits per heavy atom. The van der Waals surface area contributed by atoms with Crippen LogP contribution in [0.15, 0.2) is 24.3 Å². The normalized spacial score (nSPS) is 19.1. The van der Waals surface area contributed by atoms with Crippen molar-refractivity contribution in [2.24, 2.45) is 0 Å². The van der Waals surface area contributed by atoms with E-state index in [1.54, 1.807) is 12.1 Å². The van der Waals surface area contributed by atoms with Crippen LogP contribution >= 0.6 is 0 Å². The number of piperidine rings is 1. The van der Waals surface area contributed by atoms with E-state index in [9.17, 15) is 4.79 Å². The Morgan fingerprint density at radius 1 is 1.45 bits per heavy atom. The number of hydrogen-bond donors (Lipinski definition) is 1. The van der Waals surface area contributed by atoms with Gasteiger partial charge in [-0.05, 0) is 39.1 Å². The maximum absolute atomic E-state index is 12.2. The number of amides is 1. The van der Waals surface area contributed by atoms with Crippen LogP contribution in [0.1, 0.15) is 12.8 Å². The summed E-state index contributed by atoms with van der Waals surface area (Å²) in [6.07, 6.45) is 2.19. The van der Waals surface area contributed by atoms with Crippen molar-refractivity contribution >= 4 is 11.6 Å². The maximum Gasteiger partial charge on any atom is 0.260 e. The highest BCUT2D eigenvalue weighted by molar-refractivity contribution is 5.78. The highest BCUT2D eigenvalue weighted by Crippen LogP contribution is 2.20. The van der Waals surface area contributed by atoms with Gasteiger partial charge in [-0.2, -0.15) is 0 Å². The third kappa shape index (κ3) is 3.63. The molecule has 0 spiro atoms. The molecule has 1 atom stereocenters. The van der Waals surface area contributed by atoms with Gasteiger partial charge in [-0.15, -0.1) is 0 Å². The van der Waals surface area contributed by atoms with Crippen molar-refractivity contribution < 1.29 is 9.53 Å². The Hall–Kier alpha value is -1.75. The van der Waals surface area contributed by atoms with Gasteiger partial charge in [0.2, 0.25) is 0 Å². The summed E-state index contributed by atoms with van der Waals surface area (Å²) >= 11 is 0. The number of ether oxygens (including phenoxy) is 1. The smallest absolute Gasteiger partial charge is 0.260 e. The number of likely N-dealkylation sites (N-methyl/N-ethyl adjacent to an activating group) is 1. The van der Waals surface area contributed by atoms with Gasteiger partial charge >= 0.3 is 0 Å². The number of para-hydroxylation sites is 2. The number of carbonyl (C=O) groups excluding carboxylic acids is 1. The molecule has 0 aromatic heterocycles. The van der Waals surface area contributed by atoms with Crippen LogP contribution in [0.4, 0.5) is 5.69 Å². The first-order chi connectivity index (χ1) is 9.58. The van der Waals surface area contributed by atoms with Gasteiger partial charge < -0.3 is 20.3 Å². The van der Waals surface area contributed by atoms with E-state index in [0.717, 1.165) is 25.9 Å². The second-order valence-electron chi connectivity index (χ2n) is 5.43. The van der Waals surface area contributed by atoms with Crippen LogP contribution in [0, 0.1) is 0 Å². The molecule has 2 N–H and O–H groups in total. The lowest BCUT2D eigenvalue weighted by molar-refractivity contribution is -0.135. The summed E-state index contributed by atoms with van der Waals surface area (Å²) in [5, 5.41) is 0. The van der Waals surface area contributed by atoms with E-state index < -0.39 is 0 Å². The van der Waals surface area contributed by atoms with Crippen molar-refractivity contribution in [2.75, 3.05) is 39.5 Å². The first-order valence-electron chi connectivity index (χ1n) is 6.99. The summed E-state index contributed by atoms with van der Waals surface area (Å²) in [5.41, 5.74) is 6.35. The minimum atomic E-state index is 0.0276. The van der Waals surface area contributed by atoms with Gasteiger partial charge in [0.1, 0.15) is 5.75 Å². The van der Waals surface area contributed by atoms with Crippen LogP contribution in [0.3, 0.4) is 0 Å². The Balaban J connectivity index is 1.87. The number of likely N-dealkylation sites (tertiary alicyclic amines) is 1. The van der Waals surface area contributed by atoms with Crippen molar-refractivity contribution in [3.8, 4) is 5.75 Å². The van der Waals surface area contributed by atoms with Crippen molar-refractivity contribution in [1.82, 2.24) is 9.80 Å². The summed E-state index contributed by atoms with van der Waals surface area (Å²) in [4.78, 5) is 16.3. The lowest BCUT2D eigenvalue weighted by Crippen LogP contribution is -2.48. The molecule has 0 aliphatic carbocycles. The first-order valence-corrected chi connectivity index (χ1v) is 6.99. The Kier molecular flexibility index (Phi) is 4.84. The molecule has 110 valence electrons. The van der Waals surface area contributed by atoms with Gasteiger partial charge in [0, 0.05) is 19.1 Å². The van der Waals surface area contributed by atoms with Gasteiger partial charge in [0.15, 0.2) is 6.61 Å². The number of benzene rings is 1. The monoisotopic (exact) mass is 277 g/mol. The SMILES string of the molecule is CN(C)C1CCCN(C(=O)COc2ccccc2N)C1. The number of carbonyl (C=O) groups is 1. The number of anilines is 1. The first kappa shape index (κ1) is 14.7. The molecule has 1 aromatic rings. The Bertz CT molecular complexity index is 462. The molecule has 1 aromatic carbocycles. The van der Waals surface area contributed by atoms with Crippen LogP contribution in [-0.2, 0) is 4.79 Å². The van der Waals surface area contributed by atoms with Gasteiger partial charge in [-0.1, -0.05) is 12.1 Å². The van der Waals surface area contributed by atoms with E-state index in [-0.39, 0.29) is 12.5 Å². The molecular formula is C15H23N3O2. The van der Waals surface area contributed by atoms with Crippen molar-refractivity contribution in [1.29, 1.82) is 0 Å². The molecule has 1 heterocycles. The molecule has 1 aliphatic heterocycles. The lowest BCUT2D eigenvalue weighted by Gasteiger charge is -2.36. The number of nitrogens with zero attached hydrogens (tertiary/aromatic N) is 2. The third-order valence-corrected chi connectivity index (χ3v) is 3.75. The summed E-state index contributed by atoms with van der Waals surface area (Å²) in [7, 11) is 4.11. The van der Waals surface area contributed by atoms with Crippen LogP contribution in [0.25, 0.3) is 0 Å². The van der Waals surface area contributed by atoms with E-state index in [0.29, 0.717) is 17.5 Å². The predicted octanol–water partition coefficient (Wildman–Crippen LogP) is 1.20. The third-order valence-electron chi connectivity index (χ3n) is 3.75. The lowest BCUT2D eigenvalue weighted by atomic mass is 10.1. The molecule has 1 aliphatic rings. The van der Waals surface area contributed by atoms with E-state index in [1.165, 1.54) is 0 Å². The molecule has 2 rings (SSSR count). The number of rotatable bonds is 4. The van der Waals surface area contributed by atoms with E-state index in [2.05, 4.69) is 19.0 Å². The molecule has 0 saturated carbocycles. The van der Waals surface area contributed by atoms with Crippen LogP contribution in [0.2, 0.25) is 0 Å². The van der Waals surface area contributed by atoms with Crippen molar-refractivity contribution in [3.05, 3.63) is 24.3 Å². The van der Waals surface area contributed by atoms with Gasteiger partial charge in [-0.3, -0.25) is 4.79 Å². The zero-order valence-corrected chi connectivity index (χ0v) is 12.2. The van der Waals surface area contributed by atoms with Crippen LogP contribution in [-0.4, -0.2) is 55.5 Å². The topological polar surface area (TPSA) is 58.8 Å². The summed E-state index contributed by atoms with van der Waals surface area (Å²) in [6, 6.07) is 7.68. The molecule has 5 nitrogen and oxygen atoms in total. The van der Waals surface area contributed by atoms with E-state index >= 15 is 0 Å². The zero-order chi connectivity index (χ0) is 14.5. The van der Waals surface area contributed by atoms with Crippen LogP contribution in [0.5, 0.6) is 5.75 Å². The highest BCUT2D eigenvalue weighted by atomic mass is 16.5.